The van der Waals surface area contributed by atoms with Crippen molar-refractivity contribution in [1.82, 2.24) is 20.4 Å². The van der Waals surface area contributed by atoms with Crippen molar-refractivity contribution in [2.45, 2.75) is 72.3 Å². The molecule has 8 nitrogen and oxygen atoms in total. The maximum atomic E-state index is 13.2. The van der Waals surface area contributed by atoms with Crippen molar-refractivity contribution in [3.8, 4) is 0 Å². The van der Waals surface area contributed by atoms with E-state index in [1.165, 1.54) is 4.90 Å². The van der Waals surface area contributed by atoms with Gasteiger partial charge in [-0.3, -0.25) is 19.3 Å². The summed E-state index contributed by atoms with van der Waals surface area (Å²) < 4.78 is 0. The van der Waals surface area contributed by atoms with E-state index in [0.717, 1.165) is 17.7 Å². The normalized spacial score (nSPS) is 25.8. The summed E-state index contributed by atoms with van der Waals surface area (Å²) in [6.07, 6.45) is 3.64. The second kappa shape index (κ2) is 9.13. The number of amides is 5. The lowest BCUT2D eigenvalue weighted by atomic mass is 9.64. The molecule has 2 unspecified atom stereocenters. The van der Waals surface area contributed by atoms with E-state index in [0.29, 0.717) is 38.3 Å². The molecular weight excluding hydrogens is 372 g/mol. The fourth-order valence-corrected chi connectivity index (χ4v) is 4.94. The molecule has 1 aliphatic carbocycles. The third-order valence-electron chi connectivity index (χ3n) is 5.67. The first-order chi connectivity index (χ1) is 13.5. The molecule has 0 radical (unpaired) electrons. The van der Waals surface area contributed by atoms with E-state index >= 15 is 0 Å². The topological polar surface area (TPSA) is 98.8 Å². The minimum Gasteiger partial charge on any atom is -0.355 e. The largest absolute Gasteiger partial charge is 0.355 e. The highest BCUT2D eigenvalue weighted by Gasteiger charge is 2.56. The van der Waals surface area contributed by atoms with E-state index in [4.69, 9.17) is 0 Å². The van der Waals surface area contributed by atoms with Crippen molar-refractivity contribution in [3.63, 3.8) is 0 Å². The Balaban J connectivity index is 2.09. The monoisotopic (exact) mass is 408 g/mol. The van der Waals surface area contributed by atoms with Gasteiger partial charge in [-0.15, -0.1) is 0 Å². The summed E-state index contributed by atoms with van der Waals surface area (Å²) in [5, 5.41) is 5.64. The van der Waals surface area contributed by atoms with E-state index in [2.05, 4.69) is 31.4 Å². The van der Waals surface area contributed by atoms with Crippen LogP contribution < -0.4 is 10.6 Å². The highest BCUT2D eigenvalue weighted by molar-refractivity contribution is 6.09. The first kappa shape index (κ1) is 23.2. The van der Waals surface area contributed by atoms with Gasteiger partial charge < -0.3 is 15.5 Å². The van der Waals surface area contributed by atoms with Gasteiger partial charge in [-0.05, 0) is 43.4 Å². The molecule has 2 aliphatic rings. The fourth-order valence-electron chi connectivity index (χ4n) is 4.94. The zero-order valence-corrected chi connectivity index (χ0v) is 18.5. The molecule has 29 heavy (non-hydrogen) atoms. The van der Waals surface area contributed by atoms with Crippen molar-refractivity contribution in [2.24, 2.45) is 11.3 Å². The van der Waals surface area contributed by atoms with Crippen molar-refractivity contribution < 1.29 is 19.2 Å². The van der Waals surface area contributed by atoms with Crippen LogP contribution >= 0.6 is 0 Å². The first-order valence-electron chi connectivity index (χ1n) is 10.7. The molecule has 1 heterocycles. The van der Waals surface area contributed by atoms with E-state index in [9.17, 15) is 19.2 Å². The Morgan fingerprint density at radius 3 is 2.48 bits per heavy atom. The molecule has 2 atom stereocenters. The number of hydrogen-bond donors (Lipinski definition) is 2. The number of urea groups is 1. The minimum absolute atomic E-state index is 0.0633. The van der Waals surface area contributed by atoms with Crippen molar-refractivity contribution in [3.05, 3.63) is 0 Å². The highest BCUT2D eigenvalue weighted by Crippen LogP contribution is 2.46. The number of carbonyl (C=O) groups excluding carboxylic acids is 4. The number of hydrogen-bond acceptors (Lipinski definition) is 4. The van der Waals surface area contributed by atoms with Crippen molar-refractivity contribution in [1.29, 1.82) is 0 Å². The lowest BCUT2D eigenvalue weighted by Crippen LogP contribution is -2.54. The number of rotatable bonds is 8. The van der Waals surface area contributed by atoms with Gasteiger partial charge in [-0.1, -0.05) is 34.6 Å². The van der Waals surface area contributed by atoms with Crippen molar-refractivity contribution in [2.75, 3.05) is 26.2 Å². The van der Waals surface area contributed by atoms with Gasteiger partial charge >= 0.3 is 6.03 Å². The lowest BCUT2D eigenvalue weighted by molar-refractivity contribution is -0.142. The molecule has 0 bridgehead atoms. The zero-order valence-electron chi connectivity index (χ0n) is 18.5. The quantitative estimate of drug-likeness (QED) is 0.599. The minimum atomic E-state index is -0.924. The summed E-state index contributed by atoms with van der Waals surface area (Å²) in [5.74, 6) is -0.632. The van der Waals surface area contributed by atoms with Gasteiger partial charge in [-0.2, -0.15) is 0 Å². The Labute approximate surface area is 173 Å². The molecule has 2 N–H and O–H groups in total. The van der Waals surface area contributed by atoms with Crippen LogP contribution in [0.4, 0.5) is 4.79 Å². The molecule has 2 fully saturated rings. The summed E-state index contributed by atoms with van der Waals surface area (Å²) in [5.41, 5.74) is -0.987. The van der Waals surface area contributed by atoms with Crippen LogP contribution in [-0.4, -0.2) is 65.3 Å². The van der Waals surface area contributed by atoms with Gasteiger partial charge in [0.15, 0.2) is 0 Å². The van der Waals surface area contributed by atoms with Crippen LogP contribution in [0.2, 0.25) is 0 Å². The number of nitrogens with one attached hydrogen (secondary N) is 2. The SMILES string of the molecule is CCCNC(=O)CN(CCC)C(=O)CN1C(=O)NC2(CC(C)CC(C)(C)C2)C1=O. The van der Waals surface area contributed by atoms with Crippen LogP contribution in [0, 0.1) is 11.3 Å². The molecule has 8 heteroatoms. The van der Waals surface area contributed by atoms with E-state index < -0.39 is 11.6 Å². The predicted molar refractivity (Wildman–Crippen MR) is 110 cm³/mol. The molecule has 1 saturated heterocycles. The van der Waals surface area contributed by atoms with E-state index in [1.807, 2.05) is 13.8 Å². The maximum absolute atomic E-state index is 13.2. The molecule has 1 saturated carbocycles. The third kappa shape index (κ3) is 5.48. The van der Waals surface area contributed by atoms with Gasteiger partial charge in [0.25, 0.3) is 5.91 Å². The summed E-state index contributed by atoms with van der Waals surface area (Å²) in [7, 11) is 0. The van der Waals surface area contributed by atoms with Crippen LogP contribution in [0.1, 0.15) is 66.7 Å². The Bertz CT molecular complexity index is 663. The average Bonchev–Trinajstić information content (AvgIpc) is 2.81. The van der Waals surface area contributed by atoms with Gasteiger partial charge in [0.2, 0.25) is 11.8 Å². The average molecular weight is 409 g/mol. The van der Waals surface area contributed by atoms with E-state index in [1.54, 1.807) is 0 Å². The zero-order chi connectivity index (χ0) is 21.8. The van der Waals surface area contributed by atoms with Gasteiger partial charge in [0.05, 0.1) is 6.54 Å². The molecule has 1 spiro atoms. The van der Waals surface area contributed by atoms with Crippen LogP contribution in [0.5, 0.6) is 0 Å². The fraction of sp³-hybridized carbons (Fsp3) is 0.810. The van der Waals surface area contributed by atoms with Crippen LogP contribution in [-0.2, 0) is 14.4 Å². The smallest absolute Gasteiger partial charge is 0.325 e. The van der Waals surface area contributed by atoms with Crippen LogP contribution in [0.25, 0.3) is 0 Å². The molecule has 0 aromatic rings. The summed E-state index contributed by atoms with van der Waals surface area (Å²) in [6.45, 7) is 10.7. The first-order valence-corrected chi connectivity index (χ1v) is 10.7. The van der Waals surface area contributed by atoms with Gasteiger partial charge in [-0.25, -0.2) is 4.79 Å². The molecule has 1 aliphatic heterocycles. The molecule has 164 valence electrons. The second-order valence-electron chi connectivity index (χ2n) is 9.42. The molecule has 2 rings (SSSR count). The summed E-state index contributed by atoms with van der Waals surface area (Å²) >= 11 is 0. The van der Waals surface area contributed by atoms with Gasteiger partial charge in [0.1, 0.15) is 12.1 Å². The molecule has 0 aromatic heterocycles. The Morgan fingerprint density at radius 2 is 1.90 bits per heavy atom. The molecular formula is C21H36N4O4. The Hall–Kier alpha value is -2.12. The number of imide groups is 1. The summed E-state index contributed by atoms with van der Waals surface area (Å²) in [4.78, 5) is 53.1. The Kier molecular flexibility index (Phi) is 7.30. The second-order valence-corrected chi connectivity index (χ2v) is 9.42. The summed E-state index contributed by atoms with van der Waals surface area (Å²) in [6, 6.07) is -0.514. The van der Waals surface area contributed by atoms with E-state index in [-0.39, 0.29) is 36.2 Å². The highest BCUT2D eigenvalue weighted by atomic mass is 16.2. The van der Waals surface area contributed by atoms with Crippen molar-refractivity contribution >= 4 is 23.8 Å². The Morgan fingerprint density at radius 1 is 1.21 bits per heavy atom. The van der Waals surface area contributed by atoms with Crippen LogP contribution in [0.3, 0.4) is 0 Å². The third-order valence-corrected chi connectivity index (χ3v) is 5.67. The molecule has 0 aromatic carbocycles. The number of carbonyl (C=O) groups is 4. The maximum Gasteiger partial charge on any atom is 0.325 e. The standard InChI is InChI=1S/C21H36N4O4/c1-6-8-22-16(26)12-24(9-7-2)17(27)13-25-18(28)21(23-19(25)29)11-15(3)10-20(4,5)14-21/h15H,6-14H2,1-5H3,(H,22,26)(H,23,29). The van der Waals surface area contributed by atoms with Crippen LogP contribution in [0.15, 0.2) is 0 Å². The molecule has 5 amide bonds. The lowest BCUT2D eigenvalue weighted by Gasteiger charge is -2.43. The number of nitrogens with zero attached hydrogens (tertiary/aromatic N) is 2. The van der Waals surface area contributed by atoms with Gasteiger partial charge in [0, 0.05) is 13.1 Å². The predicted octanol–water partition coefficient (Wildman–Crippen LogP) is 1.89.